The largest absolute Gasteiger partial charge is 0.370 e. The molecule has 14 heteroatoms. The number of benzene rings is 2. The molecule has 6 aliphatic rings. The predicted molar refractivity (Wildman–Crippen MR) is 168 cm³/mol. The van der Waals surface area contributed by atoms with Gasteiger partial charge in [0.15, 0.2) is 17.6 Å². The lowest BCUT2D eigenvalue weighted by Gasteiger charge is -2.49. The second-order valence-corrected chi connectivity index (χ2v) is 13.3. The molecule has 4 atom stereocenters. The number of guanidine groups is 2. The maximum Gasteiger partial charge on any atom is 0.331 e. The molecule has 0 radical (unpaired) electrons. The molecule has 240 valence electrons. The van der Waals surface area contributed by atoms with Crippen LogP contribution in [-0.2, 0) is 16.6 Å². The summed E-state index contributed by atoms with van der Waals surface area (Å²) < 4.78 is 0. The Balaban J connectivity index is 1.07. The van der Waals surface area contributed by atoms with E-state index in [1.54, 1.807) is 30.3 Å². The second-order valence-electron chi connectivity index (χ2n) is 13.3. The Hall–Kier alpha value is -4.69. The Morgan fingerprint density at radius 1 is 1.02 bits per heavy atom. The molecule has 4 aliphatic heterocycles. The molecule has 2 unspecified atom stereocenters. The van der Waals surface area contributed by atoms with E-state index in [0.29, 0.717) is 11.3 Å². The lowest BCUT2D eigenvalue weighted by atomic mass is 9.58. The van der Waals surface area contributed by atoms with Gasteiger partial charge in [0.1, 0.15) is 18.6 Å². The van der Waals surface area contributed by atoms with E-state index in [4.69, 9.17) is 11.5 Å². The van der Waals surface area contributed by atoms with Crippen LogP contribution in [0.4, 0.5) is 10.5 Å². The van der Waals surface area contributed by atoms with Crippen LogP contribution in [0, 0.1) is 0 Å². The first-order valence-electron chi connectivity index (χ1n) is 15.8. The van der Waals surface area contributed by atoms with Crippen LogP contribution in [0.15, 0.2) is 58.5 Å². The number of nitrogens with zero attached hydrogens (tertiary/aromatic N) is 5. The SMILES string of the molecule is NC1=N[C@H]2[C@H](CN3C(=O)CN(c4ccccc4)C3=O)N=C(N)N3CC(NC(=O)c4cccc5c4CCCC54CCC4)C(O)(O)C23N1. The van der Waals surface area contributed by atoms with Crippen LogP contribution in [0.5, 0.6) is 0 Å². The summed E-state index contributed by atoms with van der Waals surface area (Å²) in [5, 5.41) is 29.7. The van der Waals surface area contributed by atoms with Gasteiger partial charge in [0.2, 0.25) is 5.79 Å². The number of anilines is 1. The summed E-state index contributed by atoms with van der Waals surface area (Å²) in [6.45, 7) is -0.469. The Kier molecular flexibility index (Phi) is 6.19. The fourth-order valence-electron chi connectivity index (χ4n) is 8.62. The number of imide groups is 1. The van der Waals surface area contributed by atoms with Gasteiger partial charge in [-0.1, -0.05) is 36.8 Å². The van der Waals surface area contributed by atoms with Crippen molar-refractivity contribution < 1.29 is 24.6 Å². The molecule has 2 aromatic rings. The molecule has 4 heterocycles. The van der Waals surface area contributed by atoms with E-state index in [9.17, 15) is 24.6 Å². The highest BCUT2D eigenvalue weighted by Gasteiger charge is 2.73. The average Bonchev–Trinajstić information content (AvgIpc) is 3.61. The minimum absolute atomic E-state index is 0.0640. The molecule has 8 N–H and O–H groups in total. The minimum Gasteiger partial charge on any atom is -0.370 e. The molecule has 0 aromatic heterocycles. The first-order chi connectivity index (χ1) is 22.1. The van der Waals surface area contributed by atoms with Crippen LogP contribution in [-0.4, -0.2) is 99.0 Å². The fraction of sp³-hybridized carbons (Fsp3) is 0.469. The number of hydrogen-bond donors (Lipinski definition) is 6. The van der Waals surface area contributed by atoms with Crippen LogP contribution in [0.1, 0.15) is 53.6 Å². The number of nitrogens with two attached hydrogens (primary N) is 2. The molecule has 4 amide bonds. The minimum atomic E-state index is -2.64. The van der Waals surface area contributed by atoms with Gasteiger partial charge in [-0.05, 0) is 66.8 Å². The lowest BCUT2D eigenvalue weighted by molar-refractivity contribution is -0.230. The number of para-hydroxylation sites is 1. The molecule has 0 bridgehead atoms. The van der Waals surface area contributed by atoms with Gasteiger partial charge < -0.3 is 37.2 Å². The Morgan fingerprint density at radius 3 is 2.52 bits per heavy atom. The van der Waals surface area contributed by atoms with Gasteiger partial charge in [-0.15, -0.1) is 0 Å². The number of carbonyl (C=O) groups excluding carboxylic acids is 3. The molecule has 46 heavy (non-hydrogen) atoms. The maximum atomic E-state index is 13.9. The first kappa shape index (κ1) is 28.8. The third-order valence-corrected chi connectivity index (χ3v) is 11.0. The quantitative estimate of drug-likeness (QED) is 0.190. The van der Waals surface area contributed by atoms with E-state index >= 15 is 0 Å². The molecule has 8 rings (SSSR count). The highest BCUT2D eigenvalue weighted by atomic mass is 16.5. The number of amides is 4. The summed E-state index contributed by atoms with van der Waals surface area (Å²) in [4.78, 5) is 53.2. The summed E-state index contributed by atoms with van der Waals surface area (Å²) in [5.74, 6) is -3.64. The number of fused-ring (bicyclic) bond motifs is 2. The topological polar surface area (TPSA) is 202 Å². The van der Waals surface area contributed by atoms with Gasteiger partial charge in [0.25, 0.3) is 11.8 Å². The molecule has 2 saturated heterocycles. The Bertz CT molecular complexity index is 1710. The van der Waals surface area contributed by atoms with Gasteiger partial charge in [0, 0.05) is 17.8 Å². The van der Waals surface area contributed by atoms with Crippen LogP contribution in [0.3, 0.4) is 0 Å². The van der Waals surface area contributed by atoms with E-state index in [1.165, 1.54) is 21.8 Å². The average molecular weight is 628 g/mol. The number of rotatable bonds is 5. The number of hydrogen-bond acceptors (Lipinski definition) is 11. The van der Waals surface area contributed by atoms with Crippen molar-refractivity contribution in [1.82, 2.24) is 20.4 Å². The van der Waals surface area contributed by atoms with Crippen LogP contribution < -0.4 is 27.0 Å². The zero-order valence-corrected chi connectivity index (χ0v) is 25.2. The number of aliphatic hydroxyl groups is 2. The molecular formula is C32H37N9O5. The third kappa shape index (κ3) is 3.86. The van der Waals surface area contributed by atoms with E-state index in [-0.39, 0.29) is 37.0 Å². The molecule has 2 aliphatic carbocycles. The summed E-state index contributed by atoms with van der Waals surface area (Å²) in [6.07, 6.45) is 6.33. The van der Waals surface area contributed by atoms with Crippen LogP contribution in [0.25, 0.3) is 0 Å². The second kappa shape index (κ2) is 9.90. The predicted octanol–water partition coefficient (Wildman–Crippen LogP) is -0.312. The molecule has 1 saturated carbocycles. The third-order valence-electron chi connectivity index (χ3n) is 11.0. The summed E-state index contributed by atoms with van der Waals surface area (Å²) in [7, 11) is 0. The number of carbonyl (C=O) groups is 3. The molecule has 3 fully saturated rings. The highest BCUT2D eigenvalue weighted by molar-refractivity contribution is 6.12. The van der Waals surface area contributed by atoms with Crippen molar-refractivity contribution in [3.8, 4) is 0 Å². The maximum absolute atomic E-state index is 13.9. The molecular weight excluding hydrogens is 590 g/mol. The normalized spacial score (nSPS) is 30.2. The number of urea groups is 1. The monoisotopic (exact) mass is 627 g/mol. The Morgan fingerprint density at radius 2 is 1.78 bits per heavy atom. The van der Waals surface area contributed by atoms with Crippen LogP contribution >= 0.6 is 0 Å². The van der Waals surface area contributed by atoms with Crippen LogP contribution in [0.2, 0.25) is 0 Å². The van der Waals surface area contributed by atoms with Gasteiger partial charge in [0.05, 0.1) is 12.6 Å². The number of nitrogens with one attached hydrogen (secondary N) is 2. The van der Waals surface area contributed by atoms with Crippen molar-refractivity contribution in [2.75, 3.05) is 24.5 Å². The summed E-state index contributed by atoms with van der Waals surface area (Å²) >= 11 is 0. The van der Waals surface area contributed by atoms with Crippen molar-refractivity contribution in [2.24, 2.45) is 21.5 Å². The van der Waals surface area contributed by atoms with Crippen molar-refractivity contribution in [1.29, 1.82) is 0 Å². The van der Waals surface area contributed by atoms with Gasteiger partial charge in [-0.2, -0.15) is 0 Å². The van der Waals surface area contributed by atoms with Gasteiger partial charge in [-0.25, -0.2) is 14.8 Å². The van der Waals surface area contributed by atoms with E-state index in [2.05, 4.69) is 26.7 Å². The first-order valence-corrected chi connectivity index (χ1v) is 15.8. The smallest absolute Gasteiger partial charge is 0.331 e. The fourth-order valence-corrected chi connectivity index (χ4v) is 8.62. The van der Waals surface area contributed by atoms with E-state index in [1.807, 2.05) is 12.1 Å². The zero-order chi connectivity index (χ0) is 32.0. The summed E-state index contributed by atoms with van der Waals surface area (Å²) in [5.41, 5.74) is 14.3. The molecule has 2 aromatic carbocycles. The van der Waals surface area contributed by atoms with Crippen molar-refractivity contribution in [2.45, 2.75) is 73.5 Å². The highest BCUT2D eigenvalue weighted by Crippen LogP contribution is 2.52. The molecule has 14 nitrogen and oxygen atoms in total. The van der Waals surface area contributed by atoms with Crippen molar-refractivity contribution >= 4 is 35.5 Å². The van der Waals surface area contributed by atoms with Gasteiger partial charge >= 0.3 is 6.03 Å². The zero-order valence-electron chi connectivity index (χ0n) is 25.2. The van der Waals surface area contributed by atoms with E-state index in [0.717, 1.165) is 42.6 Å². The lowest BCUT2D eigenvalue weighted by Crippen LogP contribution is -2.78. The number of aliphatic imine (C=N–C) groups is 2. The van der Waals surface area contributed by atoms with E-state index < -0.39 is 47.4 Å². The summed E-state index contributed by atoms with van der Waals surface area (Å²) in [6, 6.07) is 10.9. The Labute approximate surface area is 265 Å². The van der Waals surface area contributed by atoms with Crippen molar-refractivity contribution in [3.63, 3.8) is 0 Å². The molecule has 2 spiro atoms. The standard InChI is InChI=1S/C32H37N9O5/c33-27-37-25-22(15-40-24(42)17-39(29(40)44)18-7-2-1-3-8-18)35-28(34)41-16-23(32(45,46)31(25,41)38-27)36-26(43)20-9-4-11-21-19(20)10-5-12-30(21)13-6-14-30/h1-4,7-9,11,22-23,25,45-46H,5-6,10,12-17H2,(H2,34,35)(H,36,43)(H3,33,37,38)/t22-,23?,25-,31?/m0/s1. The van der Waals surface area contributed by atoms with Gasteiger partial charge in [-0.3, -0.25) is 19.4 Å². The van der Waals surface area contributed by atoms with Crippen molar-refractivity contribution in [3.05, 3.63) is 65.2 Å².